The molecule has 114 valence electrons. The molecular weight excluding hydrogens is 283 g/mol. The van der Waals surface area contributed by atoms with Gasteiger partial charge in [-0.15, -0.1) is 0 Å². The third-order valence-electron chi connectivity index (χ3n) is 3.32. The highest BCUT2D eigenvalue weighted by atomic mass is 19.1. The molecule has 0 aliphatic heterocycles. The fraction of sp³-hybridized carbons (Fsp3) is 0.176. The second-order valence-electron chi connectivity index (χ2n) is 4.91. The highest BCUT2D eigenvalue weighted by molar-refractivity contribution is 6.00. The Morgan fingerprint density at radius 3 is 2.41 bits per heavy atom. The highest BCUT2D eigenvalue weighted by Gasteiger charge is 2.13. The number of nitrogens with zero attached hydrogens (tertiary/aromatic N) is 1. The van der Waals surface area contributed by atoms with E-state index in [0.29, 0.717) is 16.9 Å². The quantitative estimate of drug-likeness (QED) is 0.943. The number of halogens is 1. The molecule has 0 fully saturated rings. The van der Waals surface area contributed by atoms with E-state index in [9.17, 15) is 14.0 Å². The Hall–Kier alpha value is -2.69. The number of hydrogen-bond donors (Lipinski definition) is 1. The molecule has 1 N–H and O–H groups in total. The molecule has 22 heavy (non-hydrogen) atoms. The molecule has 2 rings (SSSR count). The molecule has 2 aromatic carbocycles. The van der Waals surface area contributed by atoms with Crippen LogP contribution >= 0.6 is 0 Å². The molecule has 0 spiro atoms. The van der Waals surface area contributed by atoms with Crippen LogP contribution in [0.15, 0.2) is 48.5 Å². The zero-order valence-corrected chi connectivity index (χ0v) is 12.5. The van der Waals surface area contributed by atoms with Crippen molar-refractivity contribution in [2.24, 2.45) is 0 Å². The van der Waals surface area contributed by atoms with E-state index in [1.54, 1.807) is 49.5 Å². The average molecular weight is 300 g/mol. The van der Waals surface area contributed by atoms with E-state index in [1.807, 2.05) is 0 Å². The molecule has 4 nitrogen and oxygen atoms in total. The van der Waals surface area contributed by atoms with E-state index in [4.69, 9.17) is 0 Å². The molecule has 0 heterocycles. The van der Waals surface area contributed by atoms with E-state index in [-0.39, 0.29) is 18.2 Å². The summed E-state index contributed by atoms with van der Waals surface area (Å²) in [6, 6.07) is 13.1. The summed E-state index contributed by atoms with van der Waals surface area (Å²) in [5.74, 6) is -0.892. The second kappa shape index (κ2) is 6.85. The highest BCUT2D eigenvalue weighted by Crippen LogP contribution is 2.25. The Kier molecular flexibility index (Phi) is 4.88. The fourth-order valence-electron chi connectivity index (χ4n) is 2.05. The number of carbonyl (C=O) groups is 2. The smallest absolute Gasteiger partial charge is 0.228 e. The Labute approximate surface area is 128 Å². The molecule has 0 saturated carbocycles. The van der Waals surface area contributed by atoms with Crippen LogP contribution in [0.2, 0.25) is 0 Å². The van der Waals surface area contributed by atoms with Crippen molar-refractivity contribution in [1.29, 1.82) is 0 Å². The Morgan fingerprint density at radius 1 is 1.09 bits per heavy atom. The van der Waals surface area contributed by atoms with E-state index in [0.717, 1.165) is 0 Å². The van der Waals surface area contributed by atoms with Gasteiger partial charge in [-0.1, -0.05) is 30.3 Å². The first-order valence-corrected chi connectivity index (χ1v) is 6.85. The molecule has 0 saturated heterocycles. The van der Waals surface area contributed by atoms with Crippen molar-refractivity contribution in [3.63, 3.8) is 0 Å². The molecule has 0 aliphatic rings. The minimum absolute atomic E-state index is 0.0647. The molecule has 0 bridgehead atoms. The lowest BCUT2D eigenvalue weighted by molar-refractivity contribution is -0.117. The predicted molar refractivity (Wildman–Crippen MR) is 84.3 cm³/mol. The van der Waals surface area contributed by atoms with Gasteiger partial charge in [-0.2, -0.15) is 0 Å². The Bertz CT molecular complexity index is 701. The largest absolute Gasteiger partial charge is 0.324 e. The first-order chi connectivity index (χ1) is 10.5. The van der Waals surface area contributed by atoms with Crippen LogP contribution in [0.4, 0.5) is 15.8 Å². The number of para-hydroxylation sites is 2. The topological polar surface area (TPSA) is 49.4 Å². The number of rotatable bonds is 4. The van der Waals surface area contributed by atoms with Crippen molar-refractivity contribution in [2.45, 2.75) is 13.3 Å². The zero-order valence-electron chi connectivity index (χ0n) is 12.5. The maximum Gasteiger partial charge on any atom is 0.228 e. The summed E-state index contributed by atoms with van der Waals surface area (Å²) < 4.78 is 13.6. The maximum atomic E-state index is 13.6. The number of carbonyl (C=O) groups excluding carboxylic acids is 2. The summed E-state index contributed by atoms with van der Waals surface area (Å²) in [6.45, 7) is 1.44. The van der Waals surface area contributed by atoms with Crippen molar-refractivity contribution >= 4 is 23.2 Å². The third-order valence-corrected chi connectivity index (χ3v) is 3.32. The lowest BCUT2D eigenvalue weighted by Gasteiger charge is -2.19. The van der Waals surface area contributed by atoms with Gasteiger partial charge in [0.25, 0.3) is 0 Å². The summed E-state index contributed by atoms with van der Waals surface area (Å²) in [5.41, 5.74) is 1.44. The average Bonchev–Trinajstić information content (AvgIpc) is 2.49. The van der Waals surface area contributed by atoms with E-state index < -0.39 is 5.82 Å². The Balaban J connectivity index is 2.16. The van der Waals surface area contributed by atoms with Crippen molar-refractivity contribution in [1.82, 2.24) is 0 Å². The normalized spacial score (nSPS) is 10.1. The third kappa shape index (κ3) is 3.69. The Morgan fingerprint density at radius 2 is 1.73 bits per heavy atom. The van der Waals surface area contributed by atoms with Gasteiger partial charge in [0.1, 0.15) is 5.82 Å². The molecule has 0 radical (unpaired) electrons. The van der Waals surface area contributed by atoms with Gasteiger partial charge < -0.3 is 10.2 Å². The monoisotopic (exact) mass is 300 g/mol. The second-order valence-corrected chi connectivity index (χ2v) is 4.91. The molecule has 5 heteroatoms. The van der Waals surface area contributed by atoms with Gasteiger partial charge in [-0.05, 0) is 23.8 Å². The maximum absolute atomic E-state index is 13.6. The van der Waals surface area contributed by atoms with Gasteiger partial charge >= 0.3 is 0 Å². The van der Waals surface area contributed by atoms with Gasteiger partial charge in [0.15, 0.2) is 0 Å². The van der Waals surface area contributed by atoms with Crippen molar-refractivity contribution in [2.75, 3.05) is 17.3 Å². The summed E-state index contributed by atoms with van der Waals surface area (Å²) in [7, 11) is 1.63. The fourth-order valence-corrected chi connectivity index (χ4v) is 2.05. The molecule has 0 atom stereocenters. The minimum Gasteiger partial charge on any atom is -0.324 e. The van der Waals surface area contributed by atoms with Crippen molar-refractivity contribution < 1.29 is 14.0 Å². The van der Waals surface area contributed by atoms with Crippen molar-refractivity contribution in [3.8, 4) is 0 Å². The lowest BCUT2D eigenvalue weighted by atomic mass is 10.1. The molecule has 0 aromatic heterocycles. The summed E-state index contributed by atoms with van der Waals surface area (Å²) in [4.78, 5) is 25.0. The number of benzene rings is 2. The van der Waals surface area contributed by atoms with Crippen LogP contribution in [0.3, 0.4) is 0 Å². The number of anilines is 2. The van der Waals surface area contributed by atoms with Gasteiger partial charge in [-0.3, -0.25) is 9.59 Å². The first kappa shape index (κ1) is 15.7. The van der Waals surface area contributed by atoms with Crippen LogP contribution in [-0.2, 0) is 16.0 Å². The van der Waals surface area contributed by atoms with Gasteiger partial charge in [0, 0.05) is 14.0 Å². The van der Waals surface area contributed by atoms with Crippen LogP contribution < -0.4 is 10.2 Å². The summed E-state index contributed by atoms with van der Waals surface area (Å²) >= 11 is 0. The number of nitrogens with one attached hydrogen (secondary N) is 1. The number of amides is 2. The zero-order chi connectivity index (χ0) is 16.1. The van der Waals surface area contributed by atoms with E-state index in [1.165, 1.54) is 17.9 Å². The molecule has 2 amide bonds. The van der Waals surface area contributed by atoms with Crippen LogP contribution in [-0.4, -0.2) is 18.9 Å². The van der Waals surface area contributed by atoms with E-state index >= 15 is 0 Å². The summed E-state index contributed by atoms with van der Waals surface area (Å²) in [6.07, 6.45) is -0.0647. The van der Waals surface area contributed by atoms with E-state index in [2.05, 4.69) is 5.32 Å². The molecule has 0 unspecified atom stereocenters. The van der Waals surface area contributed by atoms with Crippen molar-refractivity contribution in [3.05, 3.63) is 59.9 Å². The minimum atomic E-state index is -0.410. The molecule has 0 aliphatic carbocycles. The van der Waals surface area contributed by atoms with Gasteiger partial charge in [-0.25, -0.2) is 4.39 Å². The van der Waals surface area contributed by atoms with Crippen LogP contribution in [0.25, 0.3) is 0 Å². The van der Waals surface area contributed by atoms with Gasteiger partial charge in [0.05, 0.1) is 17.8 Å². The molecular formula is C17H17FN2O2. The molecule has 2 aromatic rings. The standard InChI is InChI=1S/C17H17FN2O2/c1-12(21)20(2)16-10-6-5-9-15(16)19-17(22)11-13-7-3-4-8-14(13)18/h3-10H,11H2,1-2H3,(H,19,22). The predicted octanol–water partition coefficient (Wildman–Crippen LogP) is 2.99. The number of hydrogen-bond acceptors (Lipinski definition) is 2. The van der Waals surface area contributed by atoms with Gasteiger partial charge in [0.2, 0.25) is 11.8 Å². The lowest BCUT2D eigenvalue weighted by Crippen LogP contribution is -2.25. The first-order valence-electron chi connectivity index (χ1n) is 6.85. The van der Waals surface area contributed by atoms with Crippen LogP contribution in [0, 0.1) is 5.82 Å². The SMILES string of the molecule is CC(=O)N(C)c1ccccc1NC(=O)Cc1ccccc1F. The van der Waals surface area contributed by atoms with Crippen LogP contribution in [0.5, 0.6) is 0 Å². The van der Waals surface area contributed by atoms with Crippen LogP contribution in [0.1, 0.15) is 12.5 Å². The summed E-state index contributed by atoms with van der Waals surface area (Å²) in [5, 5.41) is 2.72.